The van der Waals surface area contributed by atoms with Gasteiger partial charge in [0, 0.05) is 7.05 Å². The molecular formula is C15H12N6OS. The molecule has 4 rings (SSSR count). The number of fused-ring (bicyclic) bond motifs is 1. The van der Waals surface area contributed by atoms with Gasteiger partial charge >= 0.3 is 0 Å². The lowest BCUT2D eigenvalue weighted by Gasteiger charge is -2.01. The van der Waals surface area contributed by atoms with Crippen LogP contribution < -0.4 is 5.32 Å². The number of nitrogens with one attached hydrogen (secondary N) is 1. The van der Waals surface area contributed by atoms with Crippen molar-refractivity contribution in [3.8, 4) is 22.1 Å². The van der Waals surface area contributed by atoms with Crippen LogP contribution >= 0.6 is 11.3 Å². The highest BCUT2D eigenvalue weighted by atomic mass is 32.1. The lowest BCUT2D eigenvalue weighted by molar-refractivity contribution is 0.476. The van der Waals surface area contributed by atoms with E-state index in [0.29, 0.717) is 5.69 Å². The molecule has 3 aromatic heterocycles. The van der Waals surface area contributed by atoms with Crippen LogP contribution in [0.4, 0.5) is 5.82 Å². The molecule has 0 aliphatic rings. The zero-order chi connectivity index (χ0) is 15.8. The van der Waals surface area contributed by atoms with Gasteiger partial charge in [-0.05, 0) is 30.3 Å². The zero-order valence-electron chi connectivity index (χ0n) is 12.1. The van der Waals surface area contributed by atoms with Crippen LogP contribution in [0.5, 0.6) is 5.75 Å². The fraction of sp³-hybridized carbons (Fsp3) is 0.0667. The number of anilines is 1. The van der Waals surface area contributed by atoms with Gasteiger partial charge in [0.1, 0.15) is 22.3 Å². The topological polar surface area (TPSA) is 88.8 Å². The van der Waals surface area contributed by atoms with E-state index in [-0.39, 0.29) is 5.75 Å². The van der Waals surface area contributed by atoms with E-state index in [0.717, 1.165) is 26.7 Å². The van der Waals surface area contributed by atoms with Crippen molar-refractivity contribution in [1.82, 2.24) is 25.0 Å². The van der Waals surface area contributed by atoms with Crippen LogP contribution in [-0.2, 0) is 0 Å². The summed E-state index contributed by atoms with van der Waals surface area (Å²) >= 11 is 1.47. The Morgan fingerprint density at radius 3 is 2.91 bits per heavy atom. The highest BCUT2D eigenvalue weighted by Gasteiger charge is 2.11. The van der Waals surface area contributed by atoms with E-state index < -0.39 is 0 Å². The Kier molecular flexibility index (Phi) is 3.16. The summed E-state index contributed by atoms with van der Waals surface area (Å²) in [5, 5.41) is 21.6. The maximum Gasteiger partial charge on any atom is 0.146 e. The standard InChI is InChI=1S/C15H12N6OS/c1-16-14-5-2-9(7-17-14)21-8-12(19-20-21)15-18-11-4-3-10(22)6-13(11)23-15/h2-8,22H,1H3,(H,16,17). The number of nitrogens with zero attached hydrogens (tertiary/aromatic N) is 5. The number of phenolic OH excluding ortho intramolecular Hbond substituents is 1. The molecule has 7 nitrogen and oxygen atoms in total. The molecule has 0 amide bonds. The number of aromatic nitrogens is 5. The smallest absolute Gasteiger partial charge is 0.146 e. The van der Waals surface area contributed by atoms with Crippen molar-refractivity contribution in [2.45, 2.75) is 0 Å². The van der Waals surface area contributed by atoms with Crippen molar-refractivity contribution < 1.29 is 5.11 Å². The monoisotopic (exact) mass is 324 g/mol. The Bertz CT molecular complexity index is 975. The summed E-state index contributed by atoms with van der Waals surface area (Å²) in [6.07, 6.45) is 3.54. The van der Waals surface area contributed by atoms with Crippen LogP contribution in [0.2, 0.25) is 0 Å². The third-order valence-electron chi connectivity index (χ3n) is 3.35. The second-order valence-electron chi connectivity index (χ2n) is 4.87. The molecule has 0 aliphatic carbocycles. The molecule has 0 aliphatic heterocycles. The van der Waals surface area contributed by atoms with Crippen molar-refractivity contribution in [3.63, 3.8) is 0 Å². The van der Waals surface area contributed by atoms with Crippen molar-refractivity contribution in [2.75, 3.05) is 12.4 Å². The Balaban J connectivity index is 1.70. The van der Waals surface area contributed by atoms with Crippen LogP contribution in [0.3, 0.4) is 0 Å². The predicted octanol–water partition coefficient (Wildman–Crippen LogP) is 2.69. The molecule has 0 bridgehead atoms. The van der Waals surface area contributed by atoms with Gasteiger partial charge in [0.25, 0.3) is 0 Å². The second kappa shape index (κ2) is 5.33. The molecule has 0 unspecified atom stereocenters. The summed E-state index contributed by atoms with van der Waals surface area (Å²) < 4.78 is 2.57. The van der Waals surface area contributed by atoms with E-state index >= 15 is 0 Å². The number of hydrogen-bond donors (Lipinski definition) is 2. The summed E-state index contributed by atoms with van der Waals surface area (Å²) in [6.45, 7) is 0. The minimum absolute atomic E-state index is 0.229. The van der Waals surface area contributed by atoms with E-state index in [4.69, 9.17) is 0 Å². The Morgan fingerprint density at radius 1 is 1.22 bits per heavy atom. The number of benzene rings is 1. The SMILES string of the molecule is CNc1ccc(-n2cc(-c3nc4ccc(O)cc4s3)nn2)cn1. The van der Waals surface area contributed by atoms with Gasteiger partial charge in [-0.1, -0.05) is 5.21 Å². The average molecular weight is 324 g/mol. The summed E-state index contributed by atoms with van der Waals surface area (Å²) in [5.41, 5.74) is 2.34. The van der Waals surface area contributed by atoms with E-state index in [9.17, 15) is 5.11 Å². The molecule has 23 heavy (non-hydrogen) atoms. The molecule has 0 saturated heterocycles. The van der Waals surface area contributed by atoms with Gasteiger partial charge in [-0.25, -0.2) is 14.6 Å². The number of hydrogen-bond acceptors (Lipinski definition) is 7. The van der Waals surface area contributed by atoms with Crippen LogP contribution in [-0.4, -0.2) is 37.1 Å². The molecular weight excluding hydrogens is 312 g/mol. The van der Waals surface area contributed by atoms with Gasteiger partial charge in [-0.15, -0.1) is 16.4 Å². The second-order valence-corrected chi connectivity index (χ2v) is 5.90. The Labute approximate surface area is 135 Å². The van der Waals surface area contributed by atoms with Gasteiger partial charge in [-0.2, -0.15) is 0 Å². The first-order valence-electron chi connectivity index (χ1n) is 6.89. The highest BCUT2D eigenvalue weighted by Crippen LogP contribution is 2.31. The maximum absolute atomic E-state index is 9.54. The fourth-order valence-electron chi connectivity index (χ4n) is 2.18. The lowest BCUT2D eigenvalue weighted by atomic mass is 10.3. The molecule has 114 valence electrons. The van der Waals surface area contributed by atoms with E-state index in [1.165, 1.54) is 11.3 Å². The largest absolute Gasteiger partial charge is 0.508 e. The van der Waals surface area contributed by atoms with Gasteiger partial charge in [-0.3, -0.25) is 0 Å². The highest BCUT2D eigenvalue weighted by molar-refractivity contribution is 7.21. The molecule has 0 spiro atoms. The first kappa shape index (κ1) is 13.6. The molecule has 8 heteroatoms. The predicted molar refractivity (Wildman–Crippen MR) is 89.0 cm³/mol. The van der Waals surface area contributed by atoms with Crippen LogP contribution in [0.1, 0.15) is 0 Å². The maximum atomic E-state index is 9.54. The van der Waals surface area contributed by atoms with Crippen molar-refractivity contribution >= 4 is 27.4 Å². The summed E-state index contributed by atoms with van der Waals surface area (Å²) in [6, 6.07) is 8.89. The summed E-state index contributed by atoms with van der Waals surface area (Å²) in [5.74, 6) is 1.02. The molecule has 3 heterocycles. The van der Waals surface area contributed by atoms with Gasteiger partial charge < -0.3 is 10.4 Å². The van der Waals surface area contributed by atoms with Gasteiger partial charge in [0.05, 0.1) is 28.3 Å². The Morgan fingerprint density at radius 2 is 2.13 bits per heavy atom. The van der Waals surface area contributed by atoms with E-state index in [1.807, 2.05) is 25.4 Å². The number of aromatic hydroxyl groups is 1. The molecule has 2 N–H and O–H groups in total. The van der Waals surface area contributed by atoms with Crippen molar-refractivity contribution in [1.29, 1.82) is 0 Å². The molecule has 0 fully saturated rings. The molecule has 0 radical (unpaired) electrons. The van der Waals surface area contributed by atoms with E-state index in [1.54, 1.807) is 29.1 Å². The Hall–Kier alpha value is -3.00. The van der Waals surface area contributed by atoms with Crippen LogP contribution in [0.15, 0.2) is 42.7 Å². The molecule has 1 aromatic carbocycles. The van der Waals surface area contributed by atoms with Crippen molar-refractivity contribution in [3.05, 3.63) is 42.7 Å². The zero-order valence-corrected chi connectivity index (χ0v) is 12.9. The molecule has 4 aromatic rings. The van der Waals surface area contributed by atoms with Crippen LogP contribution in [0.25, 0.3) is 26.6 Å². The van der Waals surface area contributed by atoms with Gasteiger partial charge in [0.15, 0.2) is 0 Å². The van der Waals surface area contributed by atoms with Crippen molar-refractivity contribution in [2.24, 2.45) is 0 Å². The minimum atomic E-state index is 0.229. The number of phenols is 1. The third-order valence-corrected chi connectivity index (χ3v) is 4.39. The summed E-state index contributed by atoms with van der Waals surface area (Å²) in [4.78, 5) is 8.78. The third kappa shape index (κ3) is 2.49. The molecule has 0 saturated carbocycles. The van der Waals surface area contributed by atoms with Gasteiger partial charge in [0.2, 0.25) is 0 Å². The normalized spacial score (nSPS) is 11.0. The number of rotatable bonds is 3. The minimum Gasteiger partial charge on any atom is -0.508 e. The first-order chi connectivity index (χ1) is 11.2. The number of pyridine rings is 1. The average Bonchev–Trinajstić information content (AvgIpc) is 3.21. The summed E-state index contributed by atoms with van der Waals surface area (Å²) in [7, 11) is 1.82. The van der Waals surface area contributed by atoms with E-state index in [2.05, 4.69) is 25.6 Å². The molecule has 0 atom stereocenters. The van der Waals surface area contributed by atoms with Crippen LogP contribution in [0, 0.1) is 0 Å². The quantitative estimate of drug-likeness (QED) is 0.602. The fourth-order valence-corrected chi connectivity index (χ4v) is 3.13. The lowest BCUT2D eigenvalue weighted by Crippen LogP contribution is -1.97. The first-order valence-corrected chi connectivity index (χ1v) is 7.71. The number of thiazole rings is 1.